The number of nitrogens with one attached hydrogen (secondary N) is 1. The molecule has 0 radical (unpaired) electrons. The number of ether oxygens (including phenoxy) is 1. The van der Waals surface area contributed by atoms with E-state index in [2.05, 4.69) is 10.4 Å². The lowest BCUT2D eigenvalue weighted by atomic mass is 10.1. The molecule has 0 spiro atoms. The van der Waals surface area contributed by atoms with E-state index in [1.165, 1.54) is 7.11 Å². The van der Waals surface area contributed by atoms with Crippen LogP contribution in [0.5, 0.6) is 5.75 Å². The van der Waals surface area contributed by atoms with E-state index in [9.17, 15) is 14.7 Å². The molecule has 7 nitrogen and oxygen atoms in total. The first-order valence-corrected chi connectivity index (χ1v) is 7.15. The zero-order valence-corrected chi connectivity index (χ0v) is 13.2. The van der Waals surface area contributed by atoms with Gasteiger partial charge in [-0.2, -0.15) is 5.10 Å². The lowest BCUT2D eigenvalue weighted by Crippen LogP contribution is -2.34. The first-order valence-electron chi connectivity index (χ1n) is 7.15. The van der Waals surface area contributed by atoms with Crippen molar-refractivity contribution in [3.63, 3.8) is 0 Å². The summed E-state index contributed by atoms with van der Waals surface area (Å²) in [4.78, 5) is 23.7. The first kappa shape index (κ1) is 16.5. The normalized spacial score (nSPS) is 12.0. The lowest BCUT2D eigenvalue weighted by molar-refractivity contribution is -0.139. The Morgan fingerprint density at radius 3 is 2.61 bits per heavy atom. The molecule has 0 aliphatic heterocycles. The second-order valence-electron chi connectivity index (χ2n) is 5.30. The summed E-state index contributed by atoms with van der Waals surface area (Å²) < 4.78 is 6.72. The number of nitrogens with zero attached hydrogens (tertiary/aromatic N) is 2. The number of hydrogen-bond acceptors (Lipinski definition) is 4. The van der Waals surface area contributed by atoms with E-state index in [1.807, 2.05) is 13.8 Å². The highest BCUT2D eigenvalue weighted by Crippen LogP contribution is 2.20. The molecule has 2 N–H and O–H groups in total. The standard InChI is InChI=1S/C16H19N3O4/c1-10(2)19-8-7-13(18-19)15(20)17-14(16(21)22)11-5-4-6-12(9-11)23-3/h4-10,14H,1-3H3,(H,17,20)(H,21,22). The van der Waals surface area contributed by atoms with E-state index < -0.39 is 17.9 Å². The number of aliphatic carboxylic acids is 1. The van der Waals surface area contributed by atoms with Crippen molar-refractivity contribution in [2.75, 3.05) is 7.11 Å². The Kier molecular flexibility index (Phi) is 5.00. The molecule has 1 unspecified atom stereocenters. The number of carbonyl (C=O) groups excluding carboxylic acids is 1. The third kappa shape index (κ3) is 3.88. The predicted octanol–water partition coefficient (Wildman–Crippen LogP) is 2.03. The van der Waals surface area contributed by atoms with Gasteiger partial charge in [0.05, 0.1) is 7.11 Å². The Morgan fingerprint density at radius 1 is 1.30 bits per heavy atom. The van der Waals surface area contributed by atoms with Crippen molar-refractivity contribution in [1.82, 2.24) is 15.1 Å². The maximum Gasteiger partial charge on any atom is 0.330 e. The van der Waals surface area contributed by atoms with E-state index in [1.54, 1.807) is 41.2 Å². The van der Waals surface area contributed by atoms with Crippen LogP contribution in [0.25, 0.3) is 0 Å². The van der Waals surface area contributed by atoms with Gasteiger partial charge in [-0.25, -0.2) is 4.79 Å². The molecule has 1 heterocycles. The fraction of sp³-hybridized carbons (Fsp3) is 0.312. The molecule has 1 atom stereocenters. The molecule has 2 aromatic rings. The van der Waals surface area contributed by atoms with Crippen LogP contribution >= 0.6 is 0 Å². The topological polar surface area (TPSA) is 93.5 Å². The Hall–Kier alpha value is -2.83. The van der Waals surface area contributed by atoms with Gasteiger partial charge in [-0.3, -0.25) is 9.48 Å². The summed E-state index contributed by atoms with van der Waals surface area (Å²) in [6, 6.07) is 7.06. The zero-order valence-electron chi connectivity index (χ0n) is 13.2. The van der Waals surface area contributed by atoms with Crippen LogP contribution in [0.3, 0.4) is 0 Å². The Morgan fingerprint density at radius 2 is 2.04 bits per heavy atom. The number of carboxylic acid groups (broad SMARTS) is 1. The largest absolute Gasteiger partial charge is 0.497 e. The van der Waals surface area contributed by atoms with Gasteiger partial charge in [0.1, 0.15) is 11.4 Å². The molecular formula is C16H19N3O4. The van der Waals surface area contributed by atoms with Crippen LogP contribution in [0.2, 0.25) is 0 Å². The minimum atomic E-state index is -1.18. The van der Waals surface area contributed by atoms with Gasteiger partial charge >= 0.3 is 5.97 Å². The summed E-state index contributed by atoms with van der Waals surface area (Å²) in [5.41, 5.74) is 0.598. The van der Waals surface area contributed by atoms with Gasteiger partial charge in [-0.1, -0.05) is 12.1 Å². The fourth-order valence-corrected chi connectivity index (χ4v) is 2.06. The molecule has 0 saturated carbocycles. The van der Waals surface area contributed by atoms with E-state index in [4.69, 9.17) is 4.74 Å². The summed E-state index contributed by atoms with van der Waals surface area (Å²) in [6.45, 7) is 3.87. The highest BCUT2D eigenvalue weighted by atomic mass is 16.5. The number of rotatable bonds is 6. The molecule has 23 heavy (non-hydrogen) atoms. The van der Waals surface area contributed by atoms with Gasteiger partial charge in [0.25, 0.3) is 5.91 Å². The SMILES string of the molecule is COc1cccc(C(NC(=O)c2ccn(C(C)C)n2)C(=O)O)c1. The summed E-state index contributed by atoms with van der Waals surface area (Å²) in [7, 11) is 1.49. The fourth-order valence-electron chi connectivity index (χ4n) is 2.06. The van der Waals surface area contributed by atoms with Gasteiger partial charge in [0, 0.05) is 12.2 Å². The van der Waals surface area contributed by atoms with Crippen LogP contribution in [0.1, 0.15) is 42.0 Å². The number of carbonyl (C=O) groups is 2. The van der Waals surface area contributed by atoms with Crippen molar-refractivity contribution in [2.45, 2.75) is 25.9 Å². The van der Waals surface area contributed by atoms with E-state index in [0.29, 0.717) is 11.3 Å². The maximum atomic E-state index is 12.2. The van der Waals surface area contributed by atoms with E-state index >= 15 is 0 Å². The predicted molar refractivity (Wildman–Crippen MR) is 83.4 cm³/mol. The molecule has 2 rings (SSSR count). The summed E-state index contributed by atoms with van der Waals surface area (Å²) >= 11 is 0. The van der Waals surface area contributed by atoms with Gasteiger partial charge in [-0.15, -0.1) is 0 Å². The minimum Gasteiger partial charge on any atom is -0.497 e. The Balaban J connectivity index is 2.21. The smallest absolute Gasteiger partial charge is 0.330 e. The van der Waals surface area contributed by atoms with Crippen LogP contribution in [0, 0.1) is 0 Å². The van der Waals surface area contributed by atoms with Crippen LogP contribution in [0.4, 0.5) is 0 Å². The summed E-state index contributed by atoms with van der Waals surface area (Å²) in [6.07, 6.45) is 1.68. The molecule has 122 valence electrons. The number of benzene rings is 1. The third-order valence-electron chi connectivity index (χ3n) is 3.32. The average Bonchev–Trinajstić information content (AvgIpc) is 3.02. The number of carboxylic acids is 1. The maximum absolute atomic E-state index is 12.2. The number of methoxy groups -OCH3 is 1. The second kappa shape index (κ2) is 6.95. The van der Waals surface area contributed by atoms with Crippen LogP contribution in [-0.4, -0.2) is 33.9 Å². The molecule has 0 fully saturated rings. The molecule has 0 aliphatic rings. The van der Waals surface area contributed by atoms with Crippen molar-refractivity contribution in [3.8, 4) is 5.75 Å². The van der Waals surface area contributed by atoms with Gasteiger partial charge in [-0.05, 0) is 37.6 Å². The van der Waals surface area contributed by atoms with Gasteiger partial charge < -0.3 is 15.2 Å². The van der Waals surface area contributed by atoms with E-state index in [0.717, 1.165) is 0 Å². The summed E-state index contributed by atoms with van der Waals surface area (Å²) in [5, 5.41) is 16.0. The van der Waals surface area contributed by atoms with Gasteiger partial charge in [0.2, 0.25) is 0 Å². The molecule has 0 bridgehead atoms. The van der Waals surface area contributed by atoms with Gasteiger partial charge in [0.15, 0.2) is 6.04 Å². The van der Waals surface area contributed by atoms with Crippen LogP contribution in [0.15, 0.2) is 36.5 Å². The van der Waals surface area contributed by atoms with Crippen molar-refractivity contribution in [2.24, 2.45) is 0 Å². The molecule has 0 aliphatic carbocycles. The monoisotopic (exact) mass is 317 g/mol. The number of aromatic nitrogens is 2. The minimum absolute atomic E-state index is 0.116. The van der Waals surface area contributed by atoms with Crippen molar-refractivity contribution < 1.29 is 19.4 Å². The zero-order chi connectivity index (χ0) is 17.0. The van der Waals surface area contributed by atoms with Crippen LogP contribution in [-0.2, 0) is 4.79 Å². The number of hydrogen-bond donors (Lipinski definition) is 2. The van der Waals surface area contributed by atoms with E-state index in [-0.39, 0.29) is 11.7 Å². The number of amides is 1. The second-order valence-corrected chi connectivity index (χ2v) is 5.30. The van der Waals surface area contributed by atoms with Crippen molar-refractivity contribution >= 4 is 11.9 Å². The third-order valence-corrected chi connectivity index (χ3v) is 3.32. The first-order chi connectivity index (χ1) is 10.9. The Labute approximate surface area is 133 Å². The molecule has 1 aromatic heterocycles. The molecule has 0 saturated heterocycles. The lowest BCUT2D eigenvalue weighted by Gasteiger charge is -2.15. The van der Waals surface area contributed by atoms with Crippen molar-refractivity contribution in [3.05, 3.63) is 47.8 Å². The molecule has 7 heteroatoms. The molecule has 1 amide bonds. The van der Waals surface area contributed by atoms with Crippen LogP contribution < -0.4 is 10.1 Å². The highest BCUT2D eigenvalue weighted by Gasteiger charge is 2.24. The quantitative estimate of drug-likeness (QED) is 0.850. The average molecular weight is 317 g/mol. The molecule has 1 aromatic carbocycles. The molecular weight excluding hydrogens is 298 g/mol. The van der Waals surface area contributed by atoms with Crippen molar-refractivity contribution in [1.29, 1.82) is 0 Å². The summed E-state index contributed by atoms with van der Waals surface area (Å²) in [5.74, 6) is -1.18. The highest BCUT2D eigenvalue weighted by molar-refractivity contribution is 5.95. The Bertz CT molecular complexity index is 709.